The molecule has 0 bridgehead atoms. The average Bonchev–Trinajstić information content (AvgIpc) is 2.90. The summed E-state index contributed by atoms with van der Waals surface area (Å²) in [6, 6.07) is 0. The molecule has 1 rings (SSSR count). The van der Waals surface area contributed by atoms with Gasteiger partial charge in [0.25, 0.3) is 0 Å². The summed E-state index contributed by atoms with van der Waals surface area (Å²) in [6.07, 6.45) is 2.54. The summed E-state index contributed by atoms with van der Waals surface area (Å²) in [5, 5.41) is 9.23. The first-order chi connectivity index (χ1) is 9.13. The minimum atomic E-state index is 0. The van der Waals surface area contributed by atoms with E-state index >= 15 is 0 Å². The molecule has 20 heavy (non-hydrogen) atoms. The molecule has 1 heterocycles. The Labute approximate surface area is 138 Å². The van der Waals surface area contributed by atoms with Crippen LogP contribution in [0.1, 0.15) is 26.7 Å². The molecule has 1 aliphatic rings. The molecule has 0 aliphatic carbocycles. The molecule has 0 spiro atoms. The van der Waals surface area contributed by atoms with Crippen LogP contribution in [0.5, 0.6) is 0 Å². The van der Waals surface area contributed by atoms with E-state index in [0.717, 1.165) is 32.0 Å². The van der Waals surface area contributed by atoms with Gasteiger partial charge in [-0.2, -0.15) is 0 Å². The maximum absolute atomic E-state index is 11.4. The molecule has 7 heteroatoms. The van der Waals surface area contributed by atoms with E-state index in [1.165, 1.54) is 0 Å². The summed E-state index contributed by atoms with van der Waals surface area (Å²) in [5.41, 5.74) is 0. The Kier molecular flexibility index (Phi) is 10.8. The summed E-state index contributed by atoms with van der Waals surface area (Å²) < 4.78 is 5.53. The van der Waals surface area contributed by atoms with Crippen LogP contribution in [0.2, 0.25) is 0 Å². The number of hydrogen-bond donors (Lipinski definition) is 3. The molecule has 1 fully saturated rings. The summed E-state index contributed by atoms with van der Waals surface area (Å²) in [6.45, 7) is 6.65. The predicted molar refractivity (Wildman–Crippen MR) is 91.6 cm³/mol. The highest BCUT2D eigenvalue weighted by atomic mass is 127. The third kappa shape index (κ3) is 7.88. The van der Waals surface area contributed by atoms with Crippen molar-refractivity contribution in [3.05, 3.63) is 0 Å². The molecule has 6 nitrogen and oxygen atoms in total. The number of nitrogens with one attached hydrogen (secondary N) is 3. The number of ether oxygens (including phenoxy) is 1. The number of aliphatic imine (C=N–C) groups is 1. The first kappa shape index (κ1) is 19.4. The van der Waals surface area contributed by atoms with Gasteiger partial charge in [0.05, 0.1) is 6.10 Å². The highest BCUT2D eigenvalue weighted by molar-refractivity contribution is 14.0. The van der Waals surface area contributed by atoms with E-state index in [4.69, 9.17) is 4.74 Å². The van der Waals surface area contributed by atoms with Gasteiger partial charge in [-0.3, -0.25) is 9.79 Å². The second kappa shape index (κ2) is 11.1. The van der Waals surface area contributed by atoms with E-state index in [2.05, 4.69) is 20.9 Å². The van der Waals surface area contributed by atoms with Gasteiger partial charge < -0.3 is 20.7 Å². The van der Waals surface area contributed by atoms with Crippen molar-refractivity contribution in [2.75, 3.05) is 33.3 Å². The Morgan fingerprint density at radius 3 is 2.55 bits per heavy atom. The molecule has 0 radical (unpaired) electrons. The van der Waals surface area contributed by atoms with E-state index in [1.807, 2.05) is 13.8 Å². The molecule has 1 unspecified atom stereocenters. The van der Waals surface area contributed by atoms with Crippen LogP contribution in [0.3, 0.4) is 0 Å². The lowest BCUT2D eigenvalue weighted by Crippen LogP contribution is -2.44. The molecule has 1 amide bonds. The zero-order valence-electron chi connectivity index (χ0n) is 12.6. The number of amides is 1. The van der Waals surface area contributed by atoms with Crippen molar-refractivity contribution >= 4 is 35.8 Å². The van der Waals surface area contributed by atoms with Gasteiger partial charge in [-0.15, -0.1) is 24.0 Å². The first-order valence-corrected chi connectivity index (χ1v) is 6.97. The monoisotopic (exact) mass is 398 g/mol. The van der Waals surface area contributed by atoms with Crippen molar-refractivity contribution in [1.82, 2.24) is 16.0 Å². The quantitative estimate of drug-likeness (QED) is 0.267. The minimum absolute atomic E-state index is 0. The third-order valence-electron chi connectivity index (χ3n) is 2.99. The standard InChI is InChI=1S/C13H26N4O2.HI/c1-10(2)12(18)15-6-7-16-13(14-3)17-9-11-5-4-8-19-11;/h10-11H,4-9H2,1-3H3,(H,15,18)(H2,14,16,17);1H. The highest BCUT2D eigenvalue weighted by Crippen LogP contribution is 2.10. The molecule has 1 saturated heterocycles. The Morgan fingerprint density at radius 1 is 1.30 bits per heavy atom. The molecule has 1 atom stereocenters. The predicted octanol–water partition coefficient (Wildman–Crippen LogP) is 0.721. The molecule has 1 aliphatic heterocycles. The topological polar surface area (TPSA) is 74.8 Å². The van der Waals surface area contributed by atoms with E-state index in [1.54, 1.807) is 7.05 Å². The maximum atomic E-state index is 11.4. The van der Waals surface area contributed by atoms with Gasteiger partial charge in [0, 0.05) is 39.2 Å². The fourth-order valence-electron chi connectivity index (χ4n) is 1.81. The van der Waals surface area contributed by atoms with Crippen LogP contribution in [0.4, 0.5) is 0 Å². The van der Waals surface area contributed by atoms with Gasteiger partial charge in [0.1, 0.15) is 0 Å². The van der Waals surface area contributed by atoms with Crippen molar-refractivity contribution in [3.8, 4) is 0 Å². The number of rotatable bonds is 6. The lowest BCUT2D eigenvalue weighted by atomic mass is 10.2. The van der Waals surface area contributed by atoms with Crippen LogP contribution < -0.4 is 16.0 Å². The van der Waals surface area contributed by atoms with Crippen LogP contribution in [0.25, 0.3) is 0 Å². The molecule has 3 N–H and O–H groups in total. The summed E-state index contributed by atoms with van der Waals surface area (Å²) >= 11 is 0. The van der Waals surface area contributed by atoms with E-state index in [9.17, 15) is 4.79 Å². The van der Waals surface area contributed by atoms with Crippen LogP contribution in [0.15, 0.2) is 4.99 Å². The van der Waals surface area contributed by atoms with Gasteiger partial charge in [-0.1, -0.05) is 13.8 Å². The zero-order valence-corrected chi connectivity index (χ0v) is 14.9. The van der Waals surface area contributed by atoms with E-state index in [0.29, 0.717) is 19.2 Å². The molecule has 0 aromatic rings. The Balaban J connectivity index is 0.00000361. The zero-order chi connectivity index (χ0) is 14.1. The van der Waals surface area contributed by atoms with Gasteiger partial charge in [-0.05, 0) is 12.8 Å². The molecular formula is C13H27IN4O2. The van der Waals surface area contributed by atoms with Crippen molar-refractivity contribution in [2.24, 2.45) is 10.9 Å². The summed E-state index contributed by atoms with van der Waals surface area (Å²) in [7, 11) is 1.73. The second-order valence-corrected chi connectivity index (χ2v) is 4.96. The molecular weight excluding hydrogens is 371 g/mol. The summed E-state index contributed by atoms with van der Waals surface area (Å²) in [5.74, 6) is 0.843. The van der Waals surface area contributed by atoms with Crippen molar-refractivity contribution in [1.29, 1.82) is 0 Å². The minimum Gasteiger partial charge on any atom is -0.376 e. The van der Waals surface area contributed by atoms with E-state index in [-0.39, 0.29) is 35.8 Å². The SMILES string of the molecule is CN=C(NCCNC(=O)C(C)C)NCC1CCCO1.I. The highest BCUT2D eigenvalue weighted by Gasteiger charge is 2.15. The first-order valence-electron chi connectivity index (χ1n) is 6.97. The van der Waals surface area contributed by atoms with Gasteiger partial charge in [0.15, 0.2) is 5.96 Å². The van der Waals surface area contributed by atoms with Crippen LogP contribution in [0, 0.1) is 5.92 Å². The molecule has 118 valence electrons. The van der Waals surface area contributed by atoms with Gasteiger partial charge in [-0.25, -0.2) is 0 Å². The normalized spacial score (nSPS) is 18.6. The van der Waals surface area contributed by atoms with Crippen LogP contribution in [-0.4, -0.2) is 51.3 Å². The Bertz CT molecular complexity index is 305. The lowest BCUT2D eigenvalue weighted by Gasteiger charge is -2.15. The fraction of sp³-hybridized carbons (Fsp3) is 0.846. The Morgan fingerprint density at radius 2 is 2.00 bits per heavy atom. The van der Waals surface area contributed by atoms with Crippen molar-refractivity contribution in [3.63, 3.8) is 0 Å². The van der Waals surface area contributed by atoms with Crippen molar-refractivity contribution < 1.29 is 9.53 Å². The Hall–Kier alpha value is -0.570. The largest absolute Gasteiger partial charge is 0.376 e. The lowest BCUT2D eigenvalue weighted by molar-refractivity contribution is -0.123. The smallest absolute Gasteiger partial charge is 0.222 e. The molecule has 0 aromatic carbocycles. The third-order valence-corrected chi connectivity index (χ3v) is 2.99. The van der Waals surface area contributed by atoms with Crippen molar-refractivity contribution in [2.45, 2.75) is 32.8 Å². The number of carbonyl (C=O) groups excluding carboxylic acids is 1. The number of carbonyl (C=O) groups is 1. The number of nitrogens with zero attached hydrogens (tertiary/aromatic N) is 1. The summed E-state index contributed by atoms with van der Waals surface area (Å²) in [4.78, 5) is 15.5. The average molecular weight is 398 g/mol. The number of halogens is 1. The van der Waals surface area contributed by atoms with E-state index < -0.39 is 0 Å². The molecule has 0 aromatic heterocycles. The fourth-order valence-corrected chi connectivity index (χ4v) is 1.81. The second-order valence-electron chi connectivity index (χ2n) is 4.96. The van der Waals surface area contributed by atoms with Gasteiger partial charge >= 0.3 is 0 Å². The van der Waals surface area contributed by atoms with Crippen LogP contribution >= 0.6 is 24.0 Å². The number of hydrogen-bond acceptors (Lipinski definition) is 3. The number of guanidine groups is 1. The van der Waals surface area contributed by atoms with Gasteiger partial charge in [0.2, 0.25) is 5.91 Å². The maximum Gasteiger partial charge on any atom is 0.222 e. The van der Waals surface area contributed by atoms with Crippen LogP contribution in [-0.2, 0) is 9.53 Å². The molecule has 0 saturated carbocycles.